The lowest BCUT2D eigenvalue weighted by molar-refractivity contribution is 0.666. The monoisotopic (exact) mass is 813 g/mol. The molecule has 0 aliphatic heterocycles. The van der Waals surface area contributed by atoms with Gasteiger partial charge in [-0.1, -0.05) is 154 Å². The lowest BCUT2D eigenvalue weighted by atomic mass is 9.71. The number of hydrogen-bond donors (Lipinski definition) is 0. The fraction of sp³-hybridized carbons (Fsp3) is 0. The number of aromatic nitrogens is 5. The minimum absolute atomic E-state index is 0.590. The molecule has 0 saturated heterocycles. The Morgan fingerprint density at radius 2 is 0.969 bits per heavy atom. The number of fused-ring (bicyclic) bond motifs is 10. The van der Waals surface area contributed by atoms with Crippen molar-refractivity contribution in [3.63, 3.8) is 0 Å². The van der Waals surface area contributed by atoms with E-state index in [1.807, 2.05) is 60.7 Å². The lowest BCUT2D eigenvalue weighted by Crippen LogP contribution is -2.32. The zero-order chi connectivity index (χ0) is 43.5. The van der Waals surface area contributed by atoms with E-state index in [2.05, 4.69) is 149 Å². The van der Waals surface area contributed by atoms with Crippen LogP contribution in [0.4, 0.5) is 0 Å². The van der Waals surface area contributed by atoms with Gasteiger partial charge in [0, 0.05) is 60.3 Å². The summed E-state index contributed by atoms with van der Waals surface area (Å²) in [5, 5.41) is 7.23. The largest absolute Gasteiger partial charge is 0.454 e. The maximum Gasteiger partial charge on any atom is 0.164 e. The maximum absolute atomic E-state index is 7.17. The van der Waals surface area contributed by atoms with E-state index in [0.717, 1.165) is 50.0 Å². The molecule has 0 amide bonds. The Balaban J connectivity index is 1.19. The molecule has 294 valence electrons. The van der Waals surface area contributed by atoms with Crippen LogP contribution in [0.1, 0.15) is 0 Å². The number of nitrogens with zero attached hydrogens (tertiary/aromatic N) is 5. The van der Waals surface area contributed by atoms with Gasteiger partial charge in [0.05, 0.1) is 16.7 Å². The van der Waals surface area contributed by atoms with Crippen molar-refractivity contribution in [2.45, 2.75) is 0 Å². The quantitative estimate of drug-likeness (QED) is 0.242. The van der Waals surface area contributed by atoms with Gasteiger partial charge >= 0.3 is 0 Å². The highest BCUT2D eigenvalue weighted by molar-refractivity contribution is 6.64. The first kappa shape index (κ1) is 38.3. The van der Waals surface area contributed by atoms with Crippen molar-refractivity contribution in [1.29, 1.82) is 0 Å². The summed E-state index contributed by atoms with van der Waals surface area (Å²) >= 11 is 0. The second-order valence-electron chi connectivity index (χ2n) is 17.5. The average Bonchev–Trinajstić information content (AvgIpc) is 3.99. The summed E-state index contributed by atoms with van der Waals surface area (Å²) < 4.78 is 12.2. The van der Waals surface area contributed by atoms with Gasteiger partial charge in [0.1, 0.15) is 60.5 Å². The van der Waals surface area contributed by atoms with Crippen LogP contribution in [0.25, 0.3) is 111 Å². The molecule has 0 N–H and O–H groups in total. The van der Waals surface area contributed by atoms with Crippen molar-refractivity contribution in [2.24, 2.45) is 0 Å². The number of para-hydroxylation sites is 2. The second kappa shape index (κ2) is 14.3. The molecule has 0 fully saturated rings. The van der Waals surface area contributed by atoms with Crippen LogP contribution in [0.5, 0.6) is 0 Å². The summed E-state index contributed by atoms with van der Waals surface area (Å²) in [6.07, 6.45) is 0. The van der Waals surface area contributed by atoms with Gasteiger partial charge in [-0.3, -0.25) is 0 Å². The third-order valence-corrected chi connectivity index (χ3v) is 13.6. The smallest absolute Gasteiger partial charge is 0.164 e. The minimum Gasteiger partial charge on any atom is -0.454 e. The normalized spacial score (nSPS) is 11.9. The van der Waals surface area contributed by atoms with Gasteiger partial charge in [-0.05, 0) is 35.7 Å². The van der Waals surface area contributed by atoms with Crippen molar-refractivity contribution in [3.05, 3.63) is 146 Å². The Morgan fingerprint density at radius 1 is 0.391 bits per heavy atom. The topological polar surface area (TPSA) is 61.7 Å². The summed E-state index contributed by atoms with van der Waals surface area (Å²) in [6.45, 7) is 0. The van der Waals surface area contributed by atoms with E-state index in [1.165, 1.54) is 81.9 Å². The number of benzene rings is 8. The zero-order valence-electron chi connectivity index (χ0n) is 37.0. The highest BCUT2D eigenvalue weighted by atomic mass is 16.3. The molecule has 0 aliphatic rings. The average molecular weight is 813 g/mol. The van der Waals surface area contributed by atoms with E-state index in [0.29, 0.717) is 17.5 Å². The molecule has 0 atom stereocenters. The van der Waals surface area contributed by atoms with Gasteiger partial charge in [0.15, 0.2) is 23.1 Å². The summed E-state index contributed by atoms with van der Waals surface area (Å²) in [4.78, 5) is 15.0. The van der Waals surface area contributed by atoms with Crippen LogP contribution >= 0.6 is 0 Å². The molecule has 13 heteroatoms. The van der Waals surface area contributed by atoms with Crippen LogP contribution in [0.15, 0.2) is 150 Å². The highest BCUT2D eigenvalue weighted by Gasteiger charge is 2.28. The van der Waals surface area contributed by atoms with Crippen molar-refractivity contribution in [3.8, 4) is 45.5 Å². The lowest BCUT2D eigenvalue weighted by Gasteiger charge is -2.16. The van der Waals surface area contributed by atoms with Crippen molar-refractivity contribution in [2.75, 3.05) is 0 Å². The van der Waals surface area contributed by atoms with Crippen molar-refractivity contribution < 1.29 is 4.42 Å². The summed E-state index contributed by atoms with van der Waals surface area (Å²) in [5.41, 5.74) is 20.2. The SMILES string of the molecule is Bc1cc(B)c2c(c1)c1c(B)c(B)c3c4c(B)c(B)cc(B)c4n(-c4cccc5c4oc4cc(-c6nc(-c7ccccc7)nc(-c7ccccc7)n6)ccc45)c3c1n2-c1ccccc1. The van der Waals surface area contributed by atoms with Gasteiger partial charge < -0.3 is 13.6 Å². The van der Waals surface area contributed by atoms with Crippen LogP contribution in [0, 0.1) is 0 Å². The van der Waals surface area contributed by atoms with Gasteiger partial charge in [0.25, 0.3) is 0 Å². The van der Waals surface area contributed by atoms with E-state index in [4.69, 9.17) is 19.4 Å². The predicted molar refractivity (Wildman–Crippen MR) is 289 cm³/mol. The number of rotatable bonds is 5. The number of hydrogen-bond acceptors (Lipinski definition) is 4. The van der Waals surface area contributed by atoms with E-state index in [1.54, 1.807) is 0 Å². The molecule has 4 aromatic heterocycles. The molecule has 0 spiro atoms. The Bertz CT molecular complexity index is 3870. The summed E-state index contributed by atoms with van der Waals surface area (Å²) in [7, 11) is 15.9. The third-order valence-electron chi connectivity index (χ3n) is 13.6. The molecule has 0 bridgehead atoms. The molecule has 8 aromatic carbocycles. The predicted octanol–water partition coefficient (Wildman–Crippen LogP) is 0.775. The second-order valence-corrected chi connectivity index (χ2v) is 17.5. The molecule has 6 nitrogen and oxygen atoms in total. The minimum atomic E-state index is 0.590. The summed E-state index contributed by atoms with van der Waals surface area (Å²) in [5.74, 6) is 1.84. The Hall–Kier alpha value is -7.38. The van der Waals surface area contributed by atoms with Gasteiger partial charge in [-0.2, -0.15) is 0 Å². The fourth-order valence-corrected chi connectivity index (χ4v) is 10.5. The fourth-order valence-electron chi connectivity index (χ4n) is 10.5. The number of furan rings is 1. The zero-order valence-corrected chi connectivity index (χ0v) is 37.0. The van der Waals surface area contributed by atoms with Crippen LogP contribution in [-0.4, -0.2) is 79.0 Å². The van der Waals surface area contributed by atoms with Gasteiger partial charge in [0.2, 0.25) is 0 Å². The van der Waals surface area contributed by atoms with Crippen LogP contribution in [0.3, 0.4) is 0 Å². The molecule has 12 aromatic rings. The highest BCUT2D eigenvalue weighted by Crippen LogP contribution is 2.42. The van der Waals surface area contributed by atoms with E-state index < -0.39 is 0 Å². The van der Waals surface area contributed by atoms with Gasteiger partial charge in [-0.25, -0.2) is 15.0 Å². The molecule has 4 heterocycles. The first-order chi connectivity index (χ1) is 31.2. The van der Waals surface area contributed by atoms with E-state index >= 15 is 0 Å². The maximum atomic E-state index is 7.17. The molecule has 0 aliphatic carbocycles. The molecule has 64 heavy (non-hydrogen) atoms. The summed E-state index contributed by atoms with van der Waals surface area (Å²) in [6, 6.07) is 51.1. The van der Waals surface area contributed by atoms with Gasteiger partial charge in [-0.15, -0.1) is 0 Å². The molecule has 12 rings (SSSR count). The van der Waals surface area contributed by atoms with Crippen LogP contribution in [-0.2, 0) is 0 Å². The Morgan fingerprint density at radius 3 is 1.64 bits per heavy atom. The molecule has 0 saturated carbocycles. The molecular weight excluding hydrogens is 774 g/mol. The first-order valence-electron chi connectivity index (χ1n) is 22.0. The molecular formula is C51H38B7N5O. The van der Waals surface area contributed by atoms with E-state index in [-0.39, 0.29) is 0 Å². The van der Waals surface area contributed by atoms with Crippen LogP contribution < -0.4 is 38.2 Å². The van der Waals surface area contributed by atoms with E-state index in [9.17, 15) is 0 Å². The molecule has 0 unspecified atom stereocenters. The Labute approximate surface area is 376 Å². The van der Waals surface area contributed by atoms with Crippen molar-refractivity contribution in [1.82, 2.24) is 24.1 Å². The third kappa shape index (κ3) is 5.59. The Kier molecular flexibility index (Phi) is 8.58. The van der Waals surface area contributed by atoms with Crippen molar-refractivity contribution >= 4 is 159 Å². The van der Waals surface area contributed by atoms with Crippen LogP contribution in [0.2, 0.25) is 0 Å². The first-order valence-corrected chi connectivity index (χ1v) is 22.0. The standard InChI is InChI=1S/C51H38B7N5O/c52-28-22-32-38-42(57)43(58)40-39-41(56)33(53)24-35(55)45(39)63(47(40)46(38)62(44(32)34(54)23-28)29-15-8-3-9-16-29)36-18-10-17-31-30-20-19-27(21-37(30)64-48(31)36)51-60-49(25-11-4-1-5-12-25)59-50(61-51)26-13-6-2-7-14-26/h1-24H,52-58H2. The molecule has 0 radical (unpaired) electrons.